The van der Waals surface area contributed by atoms with Crippen LogP contribution in [0.3, 0.4) is 0 Å². The third kappa shape index (κ3) is 3.20. The molecule has 1 saturated heterocycles. The zero-order chi connectivity index (χ0) is 16.2. The number of hydrogen-bond acceptors (Lipinski definition) is 4. The predicted octanol–water partition coefficient (Wildman–Crippen LogP) is 2.11. The van der Waals surface area contributed by atoms with Crippen LogP contribution in [0.15, 0.2) is 36.5 Å². The van der Waals surface area contributed by atoms with Crippen molar-refractivity contribution in [1.82, 2.24) is 9.88 Å². The van der Waals surface area contributed by atoms with Gasteiger partial charge in [-0.1, -0.05) is 12.1 Å². The van der Waals surface area contributed by atoms with Gasteiger partial charge in [0, 0.05) is 12.7 Å². The lowest BCUT2D eigenvalue weighted by atomic mass is 10.1. The molecule has 3 rings (SSSR count). The maximum Gasteiger partial charge on any atom is 0.255 e. The van der Waals surface area contributed by atoms with Crippen molar-refractivity contribution >= 4 is 5.91 Å². The molecule has 6 heteroatoms. The highest BCUT2D eigenvalue weighted by Gasteiger charge is 2.26. The molecule has 0 aliphatic carbocycles. The van der Waals surface area contributed by atoms with Crippen molar-refractivity contribution in [2.24, 2.45) is 0 Å². The number of aromatic nitrogens is 1. The first-order valence-electron chi connectivity index (χ1n) is 7.34. The molecule has 1 fully saturated rings. The number of aromatic amines is 1. The molecule has 118 valence electrons. The third-order valence-electron chi connectivity index (χ3n) is 3.89. The summed E-state index contributed by atoms with van der Waals surface area (Å²) in [6.45, 7) is 1.51. The van der Waals surface area contributed by atoms with Crippen molar-refractivity contribution in [1.29, 1.82) is 5.26 Å². The normalized spacial score (nSPS) is 17.6. The van der Waals surface area contributed by atoms with Gasteiger partial charge in [0.2, 0.25) is 0 Å². The number of hydrogen-bond donors (Lipinski definition) is 1. The van der Waals surface area contributed by atoms with Gasteiger partial charge in [-0.3, -0.25) is 4.79 Å². The number of carbonyl (C=O) groups excluding carboxylic acids is 1. The summed E-state index contributed by atoms with van der Waals surface area (Å²) in [7, 11) is 1.62. The van der Waals surface area contributed by atoms with Crippen LogP contribution in [0, 0.1) is 11.3 Å². The third-order valence-corrected chi connectivity index (χ3v) is 3.89. The van der Waals surface area contributed by atoms with Crippen molar-refractivity contribution < 1.29 is 14.3 Å². The Balaban J connectivity index is 1.72. The number of rotatable bonds is 3. The molecule has 0 bridgehead atoms. The number of nitrogens with one attached hydrogen (secondary N) is 1. The summed E-state index contributed by atoms with van der Waals surface area (Å²) in [5.41, 5.74) is 1.89. The van der Waals surface area contributed by atoms with Crippen LogP contribution >= 0.6 is 0 Å². The van der Waals surface area contributed by atoms with Gasteiger partial charge in [0.1, 0.15) is 23.6 Å². The van der Waals surface area contributed by atoms with Crippen molar-refractivity contribution in [3.05, 3.63) is 53.3 Å². The summed E-state index contributed by atoms with van der Waals surface area (Å²) in [5.74, 6) is 0.693. The molecule has 1 N–H and O–H groups in total. The second-order valence-electron chi connectivity index (χ2n) is 5.30. The first-order valence-corrected chi connectivity index (χ1v) is 7.34. The molecule has 6 nitrogen and oxygen atoms in total. The number of nitriles is 1. The van der Waals surface area contributed by atoms with Gasteiger partial charge in [0.05, 0.1) is 25.8 Å². The quantitative estimate of drug-likeness (QED) is 0.941. The number of nitrogens with zero attached hydrogens (tertiary/aromatic N) is 2. The fourth-order valence-corrected chi connectivity index (χ4v) is 2.62. The maximum atomic E-state index is 12.5. The molecule has 0 radical (unpaired) electrons. The van der Waals surface area contributed by atoms with Crippen molar-refractivity contribution in [2.45, 2.75) is 6.10 Å². The maximum absolute atomic E-state index is 12.5. The Morgan fingerprint density at radius 1 is 1.43 bits per heavy atom. The molecule has 1 unspecified atom stereocenters. The molecule has 0 spiro atoms. The molecule has 1 aliphatic rings. The second kappa shape index (κ2) is 6.55. The van der Waals surface area contributed by atoms with E-state index in [1.54, 1.807) is 24.3 Å². The monoisotopic (exact) mass is 311 g/mol. The van der Waals surface area contributed by atoms with Gasteiger partial charge >= 0.3 is 0 Å². The van der Waals surface area contributed by atoms with Gasteiger partial charge in [0.25, 0.3) is 5.91 Å². The molecule has 0 saturated carbocycles. The highest BCUT2D eigenvalue weighted by atomic mass is 16.5. The van der Waals surface area contributed by atoms with Gasteiger partial charge in [0.15, 0.2) is 0 Å². The van der Waals surface area contributed by atoms with E-state index in [0.717, 1.165) is 11.3 Å². The number of ether oxygens (including phenoxy) is 2. The fraction of sp³-hybridized carbons (Fsp3) is 0.294. The Morgan fingerprint density at radius 2 is 2.22 bits per heavy atom. The van der Waals surface area contributed by atoms with E-state index in [2.05, 4.69) is 4.98 Å². The first-order chi connectivity index (χ1) is 11.2. The van der Waals surface area contributed by atoms with Crippen LogP contribution < -0.4 is 4.74 Å². The lowest BCUT2D eigenvalue weighted by molar-refractivity contribution is -0.0228. The minimum atomic E-state index is -0.159. The van der Waals surface area contributed by atoms with E-state index >= 15 is 0 Å². The standard InChI is InChI=1S/C17H17N3O3/c1-22-15-4-2-12(3-5-15)16-11-20(6-7-23-16)17(21)13-8-14(9-18)19-10-13/h2-5,8,10,16,19H,6-7,11H2,1H3. The number of morpholine rings is 1. The summed E-state index contributed by atoms with van der Waals surface area (Å²) in [6, 6.07) is 11.2. The van der Waals surface area contributed by atoms with Crippen LogP contribution in [0.1, 0.15) is 27.7 Å². The molecular formula is C17H17N3O3. The minimum Gasteiger partial charge on any atom is -0.497 e. The van der Waals surface area contributed by atoms with Crippen LogP contribution in [-0.2, 0) is 4.74 Å². The molecule has 2 heterocycles. The van der Waals surface area contributed by atoms with E-state index in [1.807, 2.05) is 30.3 Å². The second-order valence-corrected chi connectivity index (χ2v) is 5.30. The van der Waals surface area contributed by atoms with Crippen LogP contribution in [0.2, 0.25) is 0 Å². The molecule has 1 aliphatic heterocycles. The SMILES string of the molecule is COc1ccc(C2CN(C(=O)c3c[nH]c(C#N)c3)CCO2)cc1. The summed E-state index contributed by atoms with van der Waals surface area (Å²) < 4.78 is 10.9. The number of benzene rings is 1. The van der Waals surface area contributed by atoms with E-state index in [1.165, 1.54) is 0 Å². The zero-order valence-electron chi connectivity index (χ0n) is 12.8. The summed E-state index contributed by atoms with van der Waals surface area (Å²) in [4.78, 5) is 17.1. The number of H-pyrrole nitrogens is 1. The van der Waals surface area contributed by atoms with E-state index in [0.29, 0.717) is 31.0 Å². The summed E-state index contributed by atoms with van der Waals surface area (Å²) in [6.07, 6.45) is 1.41. The molecule has 1 atom stereocenters. The van der Waals surface area contributed by atoms with E-state index in [-0.39, 0.29) is 12.0 Å². The average Bonchev–Trinajstić information content (AvgIpc) is 3.10. The van der Waals surface area contributed by atoms with Crippen LogP contribution in [-0.4, -0.2) is 42.6 Å². The Hall–Kier alpha value is -2.78. The van der Waals surface area contributed by atoms with E-state index < -0.39 is 0 Å². The molecule has 23 heavy (non-hydrogen) atoms. The molecular weight excluding hydrogens is 294 g/mol. The van der Waals surface area contributed by atoms with E-state index in [4.69, 9.17) is 14.7 Å². The van der Waals surface area contributed by atoms with Gasteiger partial charge in [-0.2, -0.15) is 5.26 Å². The van der Waals surface area contributed by atoms with Gasteiger partial charge in [-0.15, -0.1) is 0 Å². The minimum absolute atomic E-state index is 0.0930. The van der Waals surface area contributed by atoms with Crippen LogP contribution in [0.5, 0.6) is 5.75 Å². The number of methoxy groups -OCH3 is 1. The lowest BCUT2D eigenvalue weighted by Gasteiger charge is -2.33. The molecule has 1 amide bonds. The smallest absolute Gasteiger partial charge is 0.255 e. The molecule has 2 aromatic rings. The van der Waals surface area contributed by atoms with Gasteiger partial charge in [-0.25, -0.2) is 0 Å². The number of carbonyl (C=O) groups is 1. The van der Waals surface area contributed by atoms with Crippen LogP contribution in [0.4, 0.5) is 0 Å². The zero-order valence-corrected chi connectivity index (χ0v) is 12.8. The number of amides is 1. The van der Waals surface area contributed by atoms with Crippen LogP contribution in [0.25, 0.3) is 0 Å². The molecule has 1 aromatic heterocycles. The van der Waals surface area contributed by atoms with Crippen molar-refractivity contribution in [2.75, 3.05) is 26.8 Å². The van der Waals surface area contributed by atoms with Crippen molar-refractivity contribution in [3.63, 3.8) is 0 Å². The average molecular weight is 311 g/mol. The topological polar surface area (TPSA) is 78.4 Å². The Kier molecular flexibility index (Phi) is 4.31. The fourth-order valence-electron chi connectivity index (χ4n) is 2.62. The Morgan fingerprint density at radius 3 is 2.87 bits per heavy atom. The lowest BCUT2D eigenvalue weighted by Crippen LogP contribution is -2.42. The first kappa shape index (κ1) is 15.1. The Bertz CT molecular complexity index is 730. The highest BCUT2D eigenvalue weighted by Crippen LogP contribution is 2.25. The van der Waals surface area contributed by atoms with Gasteiger partial charge < -0.3 is 19.4 Å². The summed E-state index contributed by atoms with van der Waals surface area (Å²) in [5, 5.41) is 8.84. The molecule has 1 aromatic carbocycles. The van der Waals surface area contributed by atoms with Gasteiger partial charge in [-0.05, 0) is 23.8 Å². The highest BCUT2D eigenvalue weighted by molar-refractivity contribution is 5.94. The largest absolute Gasteiger partial charge is 0.497 e. The summed E-state index contributed by atoms with van der Waals surface area (Å²) >= 11 is 0. The predicted molar refractivity (Wildman–Crippen MR) is 83.1 cm³/mol. The Labute approximate surface area is 134 Å². The van der Waals surface area contributed by atoms with Crippen molar-refractivity contribution in [3.8, 4) is 11.8 Å². The van der Waals surface area contributed by atoms with E-state index in [9.17, 15) is 4.79 Å².